The Bertz CT molecular complexity index is 136. The summed E-state index contributed by atoms with van der Waals surface area (Å²) in [5.74, 6) is -0.851. The molecule has 0 radical (unpaired) electrons. The van der Waals surface area contributed by atoms with Crippen LogP contribution in [0, 0.1) is 0 Å². The van der Waals surface area contributed by atoms with Crippen molar-refractivity contribution in [2.75, 3.05) is 14.1 Å². The van der Waals surface area contributed by atoms with Gasteiger partial charge in [0.25, 0.3) is 0 Å². The van der Waals surface area contributed by atoms with Gasteiger partial charge in [-0.2, -0.15) is 0 Å². The average molecular weight is 167 g/mol. The molecule has 0 aliphatic carbocycles. The zero-order valence-corrected chi connectivity index (χ0v) is 6.77. The van der Waals surface area contributed by atoms with E-state index < -0.39 is 5.91 Å². The van der Waals surface area contributed by atoms with Gasteiger partial charge in [0.2, 0.25) is 11.8 Å². The molecule has 2 N–H and O–H groups in total. The van der Waals surface area contributed by atoms with E-state index >= 15 is 0 Å². The summed E-state index contributed by atoms with van der Waals surface area (Å²) in [5.41, 5.74) is 4.74. The molecule has 0 aliphatic rings. The smallest absolute Gasteiger partial charge is 0.231 e. The SMILES string of the molecule is CN(C)C(=O)CC(N)=O.Cl. The molecule has 0 bridgehead atoms. The summed E-state index contributed by atoms with van der Waals surface area (Å²) in [6, 6.07) is 0. The predicted octanol–water partition coefficient (Wildman–Crippen LogP) is -0.628. The number of nitrogens with two attached hydrogens (primary N) is 1. The van der Waals surface area contributed by atoms with Gasteiger partial charge in [-0.3, -0.25) is 9.59 Å². The van der Waals surface area contributed by atoms with Gasteiger partial charge in [-0.25, -0.2) is 0 Å². The fourth-order valence-corrected chi connectivity index (χ4v) is 0.307. The zero-order chi connectivity index (χ0) is 7.44. The van der Waals surface area contributed by atoms with Crippen LogP contribution in [-0.2, 0) is 9.59 Å². The molecule has 0 atom stereocenters. The van der Waals surface area contributed by atoms with Crippen molar-refractivity contribution in [3.63, 3.8) is 0 Å². The monoisotopic (exact) mass is 166 g/mol. The lowest BCUT2D eigenvalue weighted by Crippen LogP contribution is -2.27. The van der Waals surface area contributed by atoms with Crippen molar-refractivity contribution in [1.82, 2.24) is 4.90 Å². The van der Waals surface area contributed by atoms with E-state index in [-0.39, 0.29) is 24.7 Å². The van der Waals surface area contributed by atoms with Crippen molar-refractivity contribution in [2.24, 2.45) is 5.73 Å². The highest BCUT2D eigenvalue weighted by Gasteiger charge is 2.06. The van der Waals surface area contributed by atoms with Crippen LogP contribution in [-0.4, -0.2) is 30.8 Å². The lowest BCUT2D eigenvalue weighted by molar-refractivity contribution is -0.133. The Balaban J connectivity index is 0. The van der Waals surface area contributed by atoms with E-state index in [1.54, 1.807) is 14.1 Å². The van der Waals surface area contributed by atoms with Gasteiger partial charge in [0.1, 0.15) is 6.42 Å². The molecule has 5 heteroatoms. The van der Waals surface area contributed by atoms with Crippen LogP contribution in [0.25, 0.3) is 0 Å². The van der Waals surface area contributed by atoms with Crippen LogP contribution in [0.1, 0.15) is 6.42 Å². The molecule has 0 unspecified atom stereocenters. The van der Waals surface area contributed by atoms with E-state index in [1.807, 2.05) is 0 Å². The van der Waals surface area contributed by atoms with Crippen molar-refractivity contribution in [1.29, 1.82) is 0 Å². The summed E-state index contributed by atoms with van der Waals surface area (Å²) in [5, 5.41) is 0. The predicted molar refractivity (Wildman–Crippen MR) is 39.8 cm³/mol. The molecule has 10 heavy (non-hydrogen) atoms. The second-order valence-corrected chi connectivity index (χ2v) is 1.93. The Hall–Kier alpha value is -0.770. The van der Waals surface area contributed by atoms with Gasteiger partial charge in [0, 0.05) is 14.1 Å². The van der Waals surface area contributed by atoms with E-state index in [1.165, 1.54) is 4.90 Å². The number of nitrogens with zero attached hydrogens (tertiary/aromatic N) is 1. The van der Waals surface area contributed by atoms with Crippen molar-refractivity contribution < 1.29 is 9.59 Å². The number of halogens is 1. The number of carbonyl (C=O) groups is 2. The van der Waals surface area contributed by atoms with Gasteiger partial charge >= 0.3 is 0 Å². The summed E-state index contributed by atoms with van der Waals surface area (Å²) in [4.78, 5) is 22.0. The molecule has 0 aromatic rings. The first-order valence-corrected chi connectivity index (χ1v) is 2.52. The molecule has 0 fully saturated rings. The Morgan fingerprint density at radius 2 is 1.80 bits per heavy atom. The number of amides is 2. The highest BCUT2D eigenvalue weighted by atomic mass is 35.5. The number of hydrogen-bond acceptors (Lipinski definition) is 2. The third-order valence-corrected chi connectivity index (χ3v) is 0.824. The highest BCUT2D eigenvalue weighted by Crippen LogP contribution is 1.83. The minimum absolute atomic E-state index is 0. The number of rotatable bonds is 2. The molecule has 0 saturated carbocycles. The molecule has 60 valence electrons. The summed E-state index contributed by atoms with van der Waals surface area (Å²) >= 11 is 0. The molecule has 2 amide bonds. The molecule has 0 spiro atoms. The summed E-state index contributed by atoms with van der Waals surface area (Å²) in [7, 11) is 3.15. The van der Waals surface area contributed by atoms with Crippen molar-refractivity contribution in [3.05, 3.63) is 0 Å². The Morgan fingerprint density at radius 3 is 1.90 bits per heavy atom. The van der Waals surface area contributed by atoms with Crippen LogP contribution in [0.15, 0.2) is 0 Å². The first kappa shape index (κ1) is 12.0. The fourth-order valence-electron chi connectivity index (χ4n) is 0.307. The third kappa shape index (κ3) is 5.37. The lowest BCUT2D eigenvalue weighted by atomic mass is 10.4. The largest absolute Gasteiger partial charge is 0.369 e. The lowest BCUT2D eigenvalue weighted by Gasteiger charge is -2.06. The molecule has 0 aromatic carbocycles. The molecule has 0 saturated heterocycles. The number of hydrogen-bond donors (Lipinski definition) is 1. The van der Waals surface area contributed by atoms with Crippen molar-refractivity contribution in [3.8, 4) is 0 Å². The second-order valence-electron chi connectivity index (χ2n) is 1.93. The van der Waals surface area contributed by atoms with Gasteiger partial charge in [-0.05, 0) is 0 Å². The summed E-state index contributed by atoms with van der Waals surface area (Å²) < 4.78 is 0. The number of carbonyl (C=O) groups excluding carboxylic acids is 2. The van der Waals surface area contributed by atoms with Crippen LogP contribution in [0.3, 0.4) is 0 Å². The van der Waals surface area contributed by atoms with Gasteiger partial charge < -0.3 is 10.6 Å². The standard InChI is InChI=1S/C5H10N2O2.ClH/c1-7(2)5(9)3-4(6)8;/h3H2,1-2H3,(H2,6,8);1H. The first-order valence-electron chi connectivity index (χ1n) is 2.52. The van der Waals surface area contributed by atoms with E-state index in [9.17, 15) is 9.59 Å². The van der Waals surface area contributed by atoms with E-state index in [0.717, 1.165) is 0 Å². The molecule has 0 aromatic heterocycles. The first-order chi connectivity index (χ1) is 4.04. The Morgan fingerprint density at radius 1 is 1.40 bits per heavy atom. The minimum Gasteiger partial charge on any atom is -0.369 e. The van der Waals surface area contributed by atoms with E-state index in [0.29, 0.717) is 0 Å². The highest BCUT2D eigenvalue weighted by molar-refractivity contribution is 5.95. The Kier molecular flexibility index (Phi) is 6.04. The second kappa shape index (κ2) is 5.05. The zero-order valence-electron chi connectivity index (χ0n) is 5.96. The minimum atomic E-state index is -0.589. The fraction of sp³-hybridized carbons (Fsp3) is 0.600. The molecular weight excluding hydrogens is 156 g/mol. The van der Waals surface area contributed by atoms with Crippen molar-refractivity contribution >= 4 is 24.2 Å². The van der Waals surface area contributed by atoms with Crippen LogP contribution < -0.4 is 5.73 Å². The quantitative estimate of drug-likeness (QED) is 0.556. The van der Waals surface area contributed by atoms with Gasteiger partial charge in [0.05, 0.1) is 0 Å². The van der Waals surface area contributed by atoms with E-state index in [2.05, 4.69) is 0 Å². The molecule has 0 aliphatic heterocycles. The number of primary amides is 1. The third-order valence-electron chi connectivity index (χ3n) is 0.824. The molecule has 4 nitrogen and oxygen atoms in total. The topological polar surface area (TPSA) is 63.4 Å². The molecule has 0 heterocycles. The van der Waals surface area contributed by atoms with Crippen molar-refractivity contribution in [2.45, 2.75) is 6.42 Å². The average Bonchev–Trinajstić information content (AvgIpc) is 1.63. The summed E-state index contributed by atoms with van der Waals surface area (Å²) in [6.07, 6.45) is -0.201. The molecule has 0 rings (SSSR count). The van der Waals surface area contributed by atoms with Crippen LogP contribution in [0.4, 0.5) is 0 Å². The van der Waals surface area contributed by atoms with Gasteiger partial charge in [0.15, 0.2) is 0 Å². The maximum Gasteiger partial charge on any atom is 0.231 e. The van der Waals surface area contributed by atoms with Gasteiger partial charge in [-0.15, -0.1) is 12.4 Å². The van der Waals surface area contributed by atoms with Crippen LogP contribution in [0.5, 0.6) is 0 Å². The maximum absolute atomic E-state index is 10.6. The summed E-state index contributed by atoms with van der Waals surface area (Å²) in [6.45, 7) is 0. The Labute approximate surface area is 65.8 Å². The van der Waals surface area contributed by atoms with E-state index in [4.69, 9.17) is 5.73 Å². The van der Waals surface area contributed by atoms with Gasteiger partial charge in [-0.1, -0.05) is 0 Å². The maximum atomic E-state index is 10.6. The van der Waals surface area contributed by atoms with Crippen LogP contribution in [0.2, 0.25) is 0 Å². The van der Waals surface area contributed by atoms with Crippen LogP contribution >= 0.6 is 12.4 Å². The normalized spacial score (nSPS) is 7.80. The molecular formula is C5H11ClN2O2.